The van der Waals surface area contributed by atoms with E-state index in [2.05, 4.69) is 22.1 Å². The maximum absolute atomic E-state index is 9.44. The highest BCUT2D eigenvalue weighted by molar-refractivity contribution is 5.74. The Hall–Kier alpha value is -2.37. The predicted molar refractivity (Wildman–Crippen MR) is 102 cm³/mol. The van der Waals surface area contributed by atoms with Crippen LogP contribution >= 0.6 is 0 Å². The smallest absolute Gasteiger partial charge is 0.153 e. The fourth-order valence-electron chi connectivity index (χ4n) is 3.83. The Balaban J connectivity index is 1.44. The highest BCUT2D eigenvalue weighted by Gasteiger charge is 2.35. The van der Waals surface area contributed by atoms with Crippen LogP contribution in [0, 0.1) is 0 Å². The van der Waals surface area contributed by atoms with Crippen molar-refractivity contribution in [3.63, 3.8) is 0 Å². The second kappa shape index (κ2) is 6.74. The van der Waals surface area contributed by atoms with Gasteiger partial charge in [-0.2, -0.15) is 0 Å². The van der Waals surface area contributed by atoms with E-state index in [1.807, 2.05) is 43.3 Å². The molecule has 26 heavy (non-hydrogen) atoms. The average molecular weight is 351 g/mol. The van der Waals surface area contributed by atoms with Crippen molar-refractivity contribution in [1.29, 1.82) is 0 Å². The van der Waals surface area contributed by atoms with Gasteiger partial charge >= 0.3 is 0 Å². The van der Waals surface area contributed by atoms with E-state index in [4.69, 9.17) is 10.5 Å². The number of para-hydroxylation sites is 2. The van der Waals surface area contributed by atoms with Gasteiger partial charge in [0.15, 0.2) is 6.10 Å². The number of aromatic amines is 1. The van der Waals surface area contributed by atoms with Gasteiger partial charge < -0.3 is 20.6 Å². The summed E-state index contributed by atoms with van der Waals surface area (Å²) < 4.78 is 6.05. The van der Waals surface area contributed by atoms with Crippen molar-refractivity contribution >= 4 is 11.0 Å². The Morgan fingerprint density at radius 1 is 1.27 bits per heavy atom. The fraction of sp³-hybridized carbons (Fsp3) is 0.381. The van der Waals surface area contributed by atoms with Gasteiger partial charge in [-0.25, -0.2) is 4.98 Å². The van der Waals surface area contributed by atoms with Gasteiger partial charge in [0.2, 0.25) is 0 Å². The standard InChI is InChI=1S/C21H25N3O2/c1-14(20-23-18-4-2-3-5-19(18)24-20)26-17-8-6-15(7-9-17)16-10-11-21(22,12-16)13-25/h2-9,14,16,25H,10-13,22H2,1H3,(H,23,24)/t14?,16-,21-/m1/s1. The van der Waals surface area contributed by atoms with E-state index in [9.17, 15) is 5.11 Å². The van der Waals surface area contributed by atoms with E-state index in [1.165, 1.54) is 5.56 Å². The zero-order valence-corrected chi connectivity index (χ0v) is 15.0. The van der Waals surface area contributed by atoms with Crippen LogP contribution < -0.4 is 10.5 Å². The van der Waals surface area contributed by atoms with Crippen LogP contribution in [0.25, 0.3) is 11.0 Å². The Kier molecular flexibility index (Phi) is 4.42. The first kappa shape index (κ1) is 17.1. The largest absolute Gasteiger partial charge is 0.483 e. The van der Waals surface area contributed by atoms with Crippen LogP contribution in [-0.2, 0) is 0 Å². The normalized spacial score (nSPS) is 24.0. The van der Waals surface area contributed by atoms with E-state index in [-0.39, 0.29) is 12.7 Å². The van der Waals surface area contributed by atoms with Gasteiger partial charge in [-0.05, 0) is 61.9 Å². The molecule has 0 spiro atoms. The minimum atomic E-state index is -0.421. The number of H-pyrrole nitrogens is 1. The van der Waals surface area contributed by atoms with Gasteiger partial charge in [0.1, 0.15) is 11.6 Å². The van der Waals surface area contributed by atoms with Gasteiger partial charge in [0, 0.05) is 5.54 Å². The molecule has 1 aliphatic carbocycles. The van der Waals surface area contributed by atoms with Crippen molar-refractivity contribution in [2.45, 2.75) is 43.7 Å². The van der Waals surface area contributed by atoms with Crippen molar-refractivity contribution in [1.82, 2.24) is 9.97 Å². The number of hydrogen-bond acceptors (Lipinski definition) is 4. The number of nitrogens with two attached hydrogens (primary N) is 1. The molecule has 5 heteroatoms. The van der Waals surface area contributed by atoms with Gasteiger partial charge in [-0.3, -0.25) is 0 Å². The lowest BCUT2D eigenvalue weighted by molar-refractivity contribution is 0.198. The van der Waals surface area contributed by atoms with Crippen LogP contribution in [0.4, 0.5) is 0 Å². The molecule has 1 saturated carbocycles. The topological polar surface area (TPSA) is 84.2 Å². The second-order valence-electron chi connectivity index (χ2n) is 7.43. The molecular weight excluding hydrogens is 326 g/mol. The molecule has 5 nitrogen and oxygen atoms in total. The number of rotatable bonds is 5. The molecule has 2 aromatic carbocycles. The minimum Gasteiger partial charge on any atom is -0.483 e. The molecular formula is C21H25N3O2. The van der Waals surface area contributed by atoms with Crippen molar-refractivity contribution < 1.29 is 9.84 Å². The van der Waals surface area contributed by atoms with Gasteiger partial charge in [-0.1, -0.05) is 24.3 Å². The van der Waals surface area contributed by atoms with Gasteiger partial charge in [-0.15, -0.1) is 0 Å². The van der Waals surface area contributed by atoms with Crippen molar-refractivity contribution in [2.24, 2.45) is 5.73 Å². The number of ether oxygens (including phenoxy) is 1. The summed E-state index contributed by atoms with van der Waals surface area (Å²) in [6.45, 7) is 2.05. The number of fused-ring (bicyclic) bond motifs is 1. The van der Waals surface area contributed by atoms with E-state index < -0.39 is 5.54 Å². The summed E-state index contributed by atoms with van der Waals surface area (Å²) in [4.78, 5) is 7.91. The number of aliphatic hydroxyl groups excluding tert-OH is 1. The maximum Gasteiger partial charge on any atom is 0.153 e. The summed E-state index contributed by atoms with van der Waals surface area (Å²) in [6.07, 6.45) is 2.56. The number of benzene rings is 2. The minimum absolute atomic E-state index is 0.0553. The first-order valence-corrected chi connectivity index (χ1v) is 9.17. The summed E-state index contributed by atoms with van der Waals surface area (Å²) in [5.74, 6) is 2.05. The average Bonchev–Trinajstić information content (AvgIpc) is 3.27. The molecule has 136 valence electrons. The summed E-state index contributed by atoms with van der Waals surface area (Å²) >= 11 is 0. The number of aromatic nitrogens is 2. The molecule has 1 aromatic heterocycles. The molecule has 1 fully saturated rings. The van der Waals surface area contributed by atoms with Crippen LogP contribution in [0.3, 0.4) is 0 Å². The molecule has 0 amide bonds. The molecule has 4 rings (SSSR count). The molecule has 4 N–H and O–H groups in total. The van der Waals surface area contributed by atoms with Crippen LogP contribution in [0.1, 0.15) is 49.6 Å². The molecule has 0 aliphatic heterocycles. The van der Waals surface area contributed by atoms with Crippen molar-refractivity contribution in [3.8, 4) is 5.75 Å². The Morgan fingerprint density at radius 3 is 2.73 bits per heavy atom. The molecule has 1 aliphatic rings. The molecule has 0 saturated heterocycles. The van der Waals surface area contributed by atoms with E-state index in [1.54, 1.807) is 0 Å². The van der Waals surface area contributed by atoms with Gasteiger partial charge in [0.05, 0.1) is 17.6 Å². The van der Waals surface area contributed by atoms with Crippen LogP contribution in [-0.4, -0.2) is 27.2 Å². The second-order valence-corrected chi connectivity index (χ2v) is 7.43. The molecule has 1 unspecified atom stereocenters. The van der Waals surface area contributed by atoms with Crippen molar-refractivity contribution in [3.05, 3.63) is 59.9 Å². The fourth-order valence-corrected chi connectivity index (χ4v) is 3.83. The number of aliphatic hydroxyl groups is 1. The predicted octanol–water partition coefficient (Wildman–Crippen LogP) is 3.66. The molecule has 3 aromatic rings. The van der Waals surface area contributed by atoms with E-state index >= 15 is 0 Å². The van der Waals surface area contributed by atoms with Crippen LogP contribution in [0.2, 0.25) is 0 Å². The van der Waals surface area contributed by atoms with Crippen LogP contribution in [0.5, 0.6) is 5.75 Å². The molecule has 0 radical (unpaired) electrons. The lowest BCUT2D eigenvalue weighted by Crippen LogP contribution is -2.40. The molecule has 3 atom stereocenters. The first-order chi connectivity index (χ1) is 12.6. The first-order valence-electron chi connectivity index (χ1n) is 9.17. The highest BCUT2D eigenvalue weighted by atomic mass is 16.5. The molecule has 0 bridgehead atoms. The van der Waals surface area contributed by atoms with Crippen LogP contribution in [0.15, 0.2) is 48.5 Å². The summed E-state index contributed by atoms with van der Waals surface area (Å²) in [6, 6.07) is 16.2. The van der Waals surface area contributed by atoms with Gasteiger partial charge in [0.25, 0.3) is 0 Å². The summed E-state index contributed by atoms with van der Waals surface area (Å²) in [5, 5.41) is 9.44. The number of hydrogen-bond donors (Lipinski definition) is 3. The quantitative estimate of drug-likeness (QED) is 0.655. The molecule has 1 heterocycles. The van der Waals surface area contributed by atoms with Crippen molar-refractivity contribution in [2.75, 3.05) is 6.61 Å². The van der Waals surface area contributed by atoms with E-state index in [0.29, 0.717) is 5.92 Å². The monoisotopic (exact) mass is 351 g/mol. The number of imidazole rings is 1. The van der Waals surface area contributed by atoms with E-state index in [0.717, 1.165) is 41.9 Å². The third-order valence-corrected chi connectivity index (χ3v) is 5.42. The maximum atomic E-state index is 9.44. The zero-order valence-electron chi connectivity index (χ0n) is 15.0. The lowest BCUT2D eigenvalue weighted by Gasteiger charge is -2.21. The Bertz CT molecular complexity index is 857. The highest BCUT2D eigenvalue weighted by Crippen LogP contribution is 2.39. The SMILES string of the molecule is CC(Oc1ccc([C@@H]2CC[C@](N)(CO)C2)cc1)c1nc2ccccc2[nH]1. The lowest BCUT2D eigenvalue weighted by atomic mass is 9.94. The summed E-state index contributed by atoms with van der Waals surface area (Å²) in [5.41, 5.74) is 9.00. The third-order valence-electron chi connectivity index (χ3n) is 5.42. The Morgan fingerprint density at radius 2 is 2.04 bits per heavy atom. The summed E-state index contributed by atoms with van der Waals surface area (Å²) in [7, 11) is 0. The third kappa shape index (κ3) is 3.32. The number of nitrogens with zero attached hydrogens (tertiary/aromatic N) is 1. The number of nitrogens with one attached hydrogen (secondary N) is 1. The zero-order chi connectivity index (χ0) is 18.1. The Labute approximate surface area is 153 Å².